The van der Waals surface area contributed by atoms with E-state index in [4.69, 9.17) is 0 Å². The fourth-order valence-electron chi connectivity index (χ4n) is 2.11. The summed E-state index contributed by atoms with van der Waals surface area (Å²) in [4.78, 5) is 25.8. The lowest BCUT2D eigenvalue weighted by atomic mass is 10.0. The molecule has 1 aromatic rings. The van der Waals surface area contributed by atoms with Crippen LogP contribution in [0, 0.1) is 6.92 Å². The van der Waals surface area contributed by atoms with Gasteiger partial charge in [-0.2, -0.15) is 0 Å². The summed E-state index contributed by atoms with van der Waals surface area (Å²) in [6.07, 6.45) is 0.320. The molecule has 1 fully saturated rings. The first kappa shape index (κ1) is 14.1. The highest BCUT2D eigenvalue weighted by Crippen LogP contribution is 2.26. The van der Waals surface area contributed by atoms with E-state index in [0.717, 1.165) is 15.7 Å². The number of carbonyl (C=O) groups excluding carboxylic acids is 2. The summed E-state index contributed by atoms with van der Waals surface area (Å²) in [5.74, 6) is -0.180. The Balaban J connectivity index is 2.39. The molecule has 1 heterocycles. The SMILES string of the molecule is Cc1ccc(N2CCC(=O)NC(C)(C)C2=O)cc1Br. The van der Waals surface area contributed by atoms with Crippen molar-refractivity contribution < 1.29 is 9.59 Å². The monoisotopic (exact) mass is 324 g/mol. The number of rotatable bonds is 1. The summed E-state index contributed by atoms with van der Waals surface area (Å²) < 4.78 is 0.958. The Kier molecular flexibility index (Phi) is 3.67. The molecule has 4 nitrogen and oxygen atoms in total. The highest BCUT2D eigenvalue weighted by atomic mass is 79.9. The van der Waals surface area contributed by atoms with Crippen molar-refractivity contribution in [1.82, 2.24) is 5.32 Å². The maximum atomic E-state index is 12.5. The maximum Gasteiger partial charge on any atom is 0.252 e. The number of halogens is 1. The van der Waals surface area contributed by atoms with Crippen LogP contribution in [0.3, 0.4) is 0 Å². The van der Waals surface area contributed by atoms with Crippen LogP contribution in [0.4, 0.5) is 5.69 Å². The van der Waals surface area contributed by atoms with Crippen molar-refractivity contribution in [1.29, 1.82) is 0 Å². The summed E-state index contributed by atoms with van der Waals surface area (Å²) in [7, 11) is 0. The molecule has 1 aliphatic heterocycles. The molecule has 2 rings (SSSR count). The Morgan fingerprint density at radius 3 is 2.63 bits per heavy atom. The van der Waals surface area contributed by atoms with Crippen molar-refractivity contribution in [2.75, 3.05) is 11.4 Å². The molecule has 1 aliphatic rings. The van der Waals surface area contributed by atoms with Gasteiger partial charge in [-0.3, -0.25) is 9.59 Å². The minimum Gasteiger partial charge on any atom is -0.342 e. The first-order chi connectivity index (χ1) is 8.81. The van der Waals surface area contributed by atoms with Gasteiger partial charge in [0.2, 0.25) is 5.91 Å². The van der Waals surface area contributed by atoms with Crippen LogP contribution in [-0.2, 0) is 9.59 Å². The summed E-state index contributed by atoms with van der Waals surface area (Å²) in [5.41, 5.74) is 1.05. The molecular weight excluding hydrogens is 308 g/mol. The number of anilines is 1. The topological polar surface area (TPSA) is 49.4 Å². The van der Waals surface area contributed by atoms with Crippen molar-refractivity contribution in [3.05, 3.63) is 28.2 Å². The second-order valence-corrected chi connectivity index (χ2v) is 6.17. The minimum atomic E-state index is -0.870. The highest BCUT2D eigenvalue weighted by molar-refractivity contribution is 9.10. The van der Waals surface area contributed by atoms with E-state index in [-0.39, 0.29) is 11.8 Å². The predicted octanol–water partition coefficient (Wildman–Crippen LogP) is 2.39. The summed E-state index contributed by atoms with van der Waals surface area (Å²) >= 11 is 3.47. The number of nitrogens with zero attached hydrogens (tertiary/aromatic N) is 1. The number of hydrogen-bond donors (Lipinski definition) is 1. The lowest BCUT2D eigenvalue weighted by Crippen LogP contribution is -2.53. The predicted molar refractivity (Wildman–Crippen MR) is 78.1 cm³/mol. The number of aryl methyl sites for hydroxylation is 1. The smallest absolute Gasteiger partial charge is 0.252 e. The van der Waals surface area contributed by atoms with E-state index in [1.54, 1.807) is 18.7 Å². The first-order valence-electron chi connectivity index (χ1n) is 6.20. The lowest BCUT2D eigenvalue weighted by molar-refractivity contribution is -0.128. The second-order valence-electron chi connectivity index (χ2n) is 5.31. The van der Waals surface area contributed by atoms with Gasteiger partial charge in [-0.25, -0.2) is 0 Å². The van der Waals surface area contributed by atoms with Crippen molar-refractivity contribution in [2.45, 2.75) is 32.7 Å². The molecule has 0 aromatic heterocycles. The van der Waals surface area contributed by atoms with E-state index in [9.17, 15) is 9.59 Å². The largest absolute Gasteiger partial charge is 0.342 e. The van der Waals surface area contributed by atoms with Crippen LogP contribution in [-0.4, -0.2) is 23.9 Å². The van der Waals surface area contributed by atoms with Crippen LogP contribution >= 0.6 is 15.9 Å². The van der Waals surface area contributed by atoms with E-state index >= 15 is 0 Å². The zero-order valence-electron chi connectivity index (χ0n) is 11.3. The molecule has 0 saturated carbocycles. The van der Waals surface area contributed by atoms with Crippen molar-refractivity contribution >= 4 is 33.4 Å². The van der Waals surface area contributed by atoms with Gasteiger partial charge in [0.05, 0.1) is 0 Å². The second kappa shape index (κ2) is 4.96. The summed E-state index contributed by atoms with van der Waals surface area (Å²) in [6.45, 7) is 5.86. The highest BCUT2D eigenvalue weighted by Gasteiger charge is 2.37. The first-order valence-corrected chi connectivity index (χ1v) is 7.00. The van der Waals surface area contributed by atoms with Crippen LogP contribution < -0.4 is 10.2 Å². The van der Waals surface area contributed by atoms with E-state index in [0.29, 0.717) is 13.0 Å². The Bertz CT molecular complexity index is 540. The quantitative estimate of drug-likeness (QED) is 0.862. The summed E-state index contributed by atoms with van der Waals surface area (Å²) in [5, 5.41) is 2.75. The molecule has 1 saturated heterocycles. The molecule has 0 unspecified atom stereocenters. The van der Waals surface area contributed by atoms with Gasteiger partial charge in [0, 0.05) is 23.1 Å². The fraction of sp³-hybridized carbons (Fsp3) is 0.429. The van der Waals surface area contributed by atoms with Crippen LogP contribution in [0.1, 0.15) is 25.8 Å². The average molecular weight is 325 g/mol. The third kappa shape index (κ3) is 2.81. The van der Waals surface area contributed by atoms with Crippen LogP contribution in [0.2, 0.25) is 0 Å². The molecule has 0 bridgehead atoms. The summed E-state index contributed by atoms with van der Waals surface area (Å²) in [6, 6.07) is 5.78. The Hall–Kier alpha value is -1.36. The third-order valence-corrected chi connectivity index (χ3v) is 4.12. The molecule has 19 heavy (non-hydrogen) atoms. The molecule has 0 spiro atoms. The Morgan fingerprint density at radius 1 is 1.32 bits per heavy atom. The molecule has 102 valence electrons. The van der Waals surface area contributed by atoms with Crippen LogP contribution in [0.5, 0.6) is 0 Å². The van der Waals surface area contributed by atoms with Gasteiger partial charge in [-0.05, 0) is 38.5 Å². The number of benzene rings is 1. The van der Waals surface area contributed by atoms with E-state index in [1.165, 1.54) is 0 Å². The van der Waals surface area contributed by atoms with Crippen molar-refractivity contribution in [2.24, 2.45) is 0 Å². The standard InChI is InChI=1S/C14H17BrN2O2/c1-9-4-5-10(8-11(9)15)17-7-6-12(18)16-14(2,3)13(17)19/h4-5,8H,6-7H2,1-3H3,(H,16,18). The van der Waals surface area contributed by atoms with Crippen LogP contribution in [0.25, 0.3) is 0 Å². The minimum absolute atomic E-state index is 0.0888. The normalized spacial score (nSPS) is 19.1. The molecule has 1 aromatic carbocycles. The van der Waals surface area contributed by atoms with Gasteiger partial charge in [0.15, 0.2) is 0 Å². The number of amides is 2. The van der Waals surface area contributed by atoms with E-state index < -0.39 is 5.54 Å². The van der Waals surface area contributed by atoms with Gasteiger partial charge >= 0.3 is 0 Å². The van der Waals surface area contributed by atoms with Gasteiger partial charge in [-0.1, -0.05) is 22.0 Å². The third-order valence-electron chi connectivity index (χ3n) is 3.26. The Labute approximate surface area is 121 Å². The number of nitrogens with one attached hydrogen (secondary N) is 1. The molecule has 2 amide bonds. The van der Waals surface area contributed by atoms with E-state index in [2.05, 4.69) is 21.2 Å². The lowest BCUT2D eigenvalue weighted by Gasteiger charge is -2.29. The molecule has 0 aliphatic carbocycles. The maximum absolute atomic E-state index is 12.5. The van der Waals surface area contributed by atoms with Crippen LogP contribution in [0.15, 0.2) is 22.7 Å². The van der Waals surface area contributed by atoms with Gasteiger partial charge < -0.3 is 10.2 Å². The van der Waals surface area contributed by atoms with Gasteiger partial charge in [-0.15, -0.1) is 0 Å². The number of hydrogen-bond acceptors (Lipinski definition) is 2. The molecule has 0 radical (unpaired) electrons. The van der Waals surface area contributed by atoms with E-state index in [1.807, 2.05) is 25.1 Å². The fourth-order valence-corrected chi connectivity index (χ4v) is 2.48. The molecule has 5 heteroatoms. The Morgan fingerprint density at radius 2 is 2.00 bits per heavy atom. The number of carbonyl (C=O) groups is 2. The molecule has 1 N–H and O–H groups in total. The molecular formula is C14H17BrN2O2. The van der Waals surface area contributed by atoms with Gasteiger partial charge in [0.1, 0.15) is 5.54 Å². The molecule has 0 atom stereocenters. The van der Waals surface area contributed by atoms with Crippen molar-refractivity contribution in [3.8, 4) is 0 Å². The zero-order valence-corrected chi connectivity index (χ0v) is 12.9. The average Bonchev–Trinajstić information content (AvgIpc) is 2.41. The zero-order chi connectivity index (χ0) is 14.2. The van der Waals surface area contributed by atoms with Crippen molar-refractivity contribution in [3.63, 3.8) is 0 Å². The van der Waals surface area contributed by atoms with Gasteiger partial charge in [0.25, 0.3) is 5.91 Å².